The van der Waals surface area contributed by atoms with E-state index in [1.165, 1.54) is 7.11 Å². The molecule has 0 atom stereocenters. The second kappa shape index (κ2) is 8.07. The molecule has 5 nitrogen and oxygen atoms in total. The molecule has 0 fully saturated rings. The first-order valence-corrected chi connectivity index (χ1v) is 10.2. The highest BCUT2D eigenvalue weighted by Crippen LogP contribution is 2.51. The minimum Gasteiger partial charge on any atom is -0.506 e. The fourth-order valence-corrected chi connectivity index (χ4v) is 4.00. The molecule has 1 amide bonds. The number of aromatic hydroxyl groups is 1. The molecule has 3 rings (SSSR count). The summed E-state index contributed by atoms with van der Waals surface area (Å²) in [6.07, 6.45) is 3.76. The van der Waals surface area contributed by atoms with E-state index in [9.17, 15) is 9.90 Å². The van der Waals surface area contributed by atoms with E-state index in [2.05, 4.69) is 6.92 Å². The number of hydrogen-bond donors (Lipinski definition) is 1. The average molecular weight is 398 g/mol. The third-order valence-electron chi connectivity index (χ3n) is 5.63. The van der Waals surface area contributed by atoms with Gasteiger partial charge in [0.25, 0.3) is 5.91 Å². The standard InChI is InChI=1S/C24H31NO4/c1-7-8-9-10-16-14-19-21(22(26)20(16)23(27)25(5)28-6)17-13-15(2)11-12-18(17)24(3,4)29-19/h11-14,26H,7-10H2,1-6H3. The summed E-state index contributed by atoms with van der Waals surface area (Å²) in [6.45, 7) is 8.20. The fourth-order valence-electron chi connectivity index (χ4n) is 4.00. The highest BCUT2D eigenvalue weighted by Gasteiger charge is 2.36. The predicted octanol–water partition coefficient (Wildman–Crippen LogP) is 5.36. The monoisotopic (exact) mass is 397 g/mol. The maximum Gasteiger partial charge on any atom is 0.281 e. The van der Waals surface area contributed by atoms with E-state index in [0.29, 0.717) is 23.3 Å². The minimum absolute atomic E-state index is 0.0368. The summed E-state index contributed by atoms with van der Waals surface area (Å²) in [5.74, 6) is 0.220. The summed E-state index contributed by atoms with van der Waals surface area (Å²) in [5.41, 5.74) is 4.11. The third kappa shape index (κ3) is 3.84. The number of benzene rings is 2. The number of hydrogen-bond acceptors (Lipinski definition) is 4. The van der Waals surface area contributed by atoms with Gasteiger partial charge in [-0.15, -0.1) is 0 Å². The van der Waals surface area contributed by atoms with Crippen LogP contribution in [0.1, 0.15) is 67.1 Å². The zero-order chi connectivity index (χ0) is 21.3. The molecular formula is C24H31NO4. The van der Waals surface area contributed by atoms with Crippen molar-refractivity contribution in [2.24, 2.45) is 0 Å². The van der Waals surface area contributed by atoms with Crippen LogP contribution in [0.2, 0.25) is 0 Å². The number of aryl methyl sites for hydroxylation is 2. The summed E-state index contributed by atoms with van der Waals surface area (Å²) < 4.78 is 6.32. The van der Waals surface area contributed by atoms with Crippen molar-refractivity contribution in [1.82, 2.24) is 5.06 Å². The maximum absolute atomic E-state index is 13.0. The van der Waals surface area contributed by atoms with E-state index in [0.717, 1.165) is 46.6 Å². The summed E-state index contributed by atoms with van der Waals surface area (Å²) in [4.78, 5) is 18.2. The lowest BCUT2D eigenvalue weighted by molar-refractivity contribution is -0.0759. The van der Waals surface area contributed by atoms with Crippen molar-refractivity contribution in [1.29, 1.82) is 0 Å². The first-order valence-electron chi connectivity index (χ1n) is 10.2. The Kier molecular flexibility index (Phi) is 5.90. The molecule has 0 aromatic heterocycles. The summed E-state index contributed by atoms with van der Waals surface area (Å²) >= 11 is 0. The number of carbonyl (C=O) groups excluding carboxylic acids is 1. The van der Waals surface area contributed by atoms with E-state index in [4.69, 9.17) is 9.57 Å². The summed E-state index contributed by atoms with van der Waals surface area (Å²) in [6, 6.07) is 8.04. The Morgan fingerprint density at radius 3 is 2.62 bits per heavy atom. The lowest BCUT2D eigenvalue weighted by atomic mass is 9.83. The van der Waals surface area contributed by atoms with Gasteiger partial charge >= 0.3 is 0 Å². The number of phenolic OH excluding ortho intramolecular Hbond substituents is 1. The Morgan fingerprint density at radius 1 is 1.24 bits per heavy atom. The highest BCUT2D eigenvalue weighted by molar-refractivity contribution is 6.01. The van der Waals surface area contributed by atoms with Gasteiger partial charge in [-0.05, 0) is 50.8 Å². The second-order valence-electron chi connectivity index (χ2n) is 8.24. The molecule has 1 aliphatic heterocycles. The van der Waals surface area contributed by atoms with Crippen molar-refractivity contribution in [3.05, 3.63) is 46.5 Å². The van der Waals surface area contributed by atoms with Gasteiger partial charge < -0.3 is 9.84 Å². The zero-order valence-electron chi connectivity index (χ0n) is 18.3. The molecule has 0 unspecified atom stereocenters. The van der Waals surface area contributed by atoms with Gasteiger partial charge in [-0.3, -0.25) is 9.63 Å². The molecule has 0 aliphatic carbocycles. The van der Waals surface area contributed by atoms with Crippen molar-refractivity contribution in [3.63, 3.8) is 0 Å². The number of phenols is 1. The van der Waals surface area contributed by atoms with Gasteiger partial charge in [-0.1, -0.05) is 43.5 Å². The van der Waals surface area contributed by atoms with Gasteiger partial charge in [0, 0.05) is 12.6 Å². The quantitative estimate of drug-likeness (QED) is 0.526. The van der Waals surface area contributed by atoms with Crippen molar-refractivity contribution < 1.29 is 19.5 Å². The van der Waals surface area contributed by atoms with Crippen LogP contribution in [0.25, 0.3) is 11.1 Å². The molecule has 1 aliphatic rings. The second-order valence-corrected chi connectivity index (χ2v) is 8.24. The van der Waals surface area contributed by atoms with Gasteiger partial charge in [-0.2, -0.15) is 0 Å². The minimum atomic E-state index is -0.530. The molecule has 0 spiro atoms. The maximum atomic E-state index is 13.0. The van der Waals surface area contributed by atoms with Gasteiger partial charge in [0.1, 0.15) is 17.1 Å². The summed E-state index contributed by atoms with van der Waals surface area (Å²) in [7, 11) is 2.99. The molecule has 5 heteroatoms. The molecule has 156 valence electrons. The Labute approximate surface area is 173 Å². The average Bonchev–Trinajstić information content (AvgIpc) is 2.66. The smallest absolute Gasteiger partial charge is 0.281 e. The molecule has 2 aromatic carbocycles. The van der Waals surface area contributed by atoms with Crippen LogP contribution in [0.5, 0.6) is 11.5 Å². The number of carbonyl (C=O) groups is 1. The Bertz CT molecular complexity index is 933. The van der Waals surface area contributed by atoms with Crippen molar-refractivity contribution in [2.75, 3.05) is 14.2 Å². The molecule has 1 N–H and O–H groups in total. The van der Waals surface area contributed by atoms with E-state index in [-0.39, 0.29) is 11.7 Å². The molecule has 0 saturated carbocycles. The zero-order valence-corrected chi connectivity index (χ0v) is 18.3. The van der Waals surface area contributed by atoms with Gasteiger partial charge in [-0.25, -0.2) is 5.06 Å². The van der Waals surface area contributed by atoms with Gasteiger partial charge in [0.05, 0.1) is 18.2 Å². The lowest BCUT2D eigenvalue weighted by Crippen LogP contribution is -2.30. The Hall–Kier alpha value is -2.53. The molecule has 0 radical (unpaired) electrons. The van der Waals surface area contributed by atoms with Crippen LogP contribution in [0.15, 0.2) is 24.3 Å². The molecule has 0 bridgehead atoms. The van der Waals surface area contributed by atoms with Crippen LogP contribution in [0, 0.1) is 6.92 Å². The SMILES string of the molecule is CCCCCc1cc2c(c(O)c1C(=O)N(C)OC)-c1cc(C)ccc1C(C)(C)O2. The van der Waals surface area contributed by atoms with E-state index < -0.39 is 5.60 Å². The Balaban J connectivity index is 2.26. The first kappa shape index (κ1) is 21.2. The van der Waals surface area contributed by atoms with Crippen LogP contribution >= 0.6 is 0 Å². The number of unbranched alkanes of at least 4 members (excludes halogenated alkanes) is 2. The first-order chi connectivity index (χ1) is 13.7. The molecular weight excluding hydrogens is 366 g/mol. The van der Waals surface area contributed by atoms with Crippen LogP contribution in [0.3, 0.4) is 0 Å². The van der Waals surface area contributed by atoms with Crippen LogP contribution in [0.4, 0.5) is 0 Å². The number of hydroxylamine groups is 2. The summed E-state index contributed by atoms with van der Waals surface area (Å²) in [5, 5.41) is 12.5. The fraction of sp³-hybridized carbons (Fsp3) is 0.458. The van der Waals surface area contributed by atoms with Crippen molar-refractivity contribution in [2.45, 2.75) is 59.0 Å². The number of fused-ring (bicyclic) bond motifs is 3. The van der Waals surface area contributed by atoms with Gasteiger partial charge in [0.15, 0.2) is 0 Å². The number of nitrogens with zero attached hydrogens (tertiary/aromatic N) is 1. The molecule has 2 aromatic rings. The van der Waals surface area contributed by atoms with E-state index in [1.807, 2.05) is 45.0 Å². The van der Waals surface area contributed by atoms with Crippen molar-refractivity contribution in [3.8, 4) is 22.6 Å². The third-order valence-corrected chi connectivity index (χ3v) is 5.63. The number of ether oxygens (including phenoxy) is 1. The topological polar surface area (TPSA) is 59.0 Å². The van der Waals surface area contributed by atoms with Crippen LogP contribution in [-0.4, -0.2) is 30.2 Å². The molecule has 29 heavy (non-hydrogen) atoms. The molecule has 1 heterocycles. The van der Waals surface area contributed by atoms with E-state index in [1.54, 1.807) is 7.05 Å². The largest absolute Gasteiger partial charge is 0.506 e. The molecule has 0 saturated heterocycles. The number of amides is 1. The number of rotatable bonds is 6. The normalized spacial score (nSPS) is 14.0. The van der Waals surface area contributed by atoms with Crippen molar-refractivity contribution >= 4 is 5.91 Å². The van der Waals surface area contributed by atoms with Crippen LogP contribution < -0.4 is 4.74 Å². The Morgan fingerprint density at radius 2 is 1.97 bits per heavy atom. The van der Waals surface area contributed by atoms with Gasteiger partial charge in [0.2, 0.25) is 0 Å². The lowest BCUT2D eigenvalue weighted by Gasteiger charge is -2.36. The predicted molar refractivity (Wildman–Crippen MR) is 114 cm³/mol. The highest BCUT2D eigenvalue weighted by atomic mass is 16.7. The van der Waals surface area contributed by atoms with E-state index >= 15 is 0 Å². The van der Waals surface area contributed by atoms with Crippen LogP contribution in [-0.2, 0) is 16.9 Å².